The Hall–Kier alpha value is -1.95. The number of pyridine rings is 1. The summed E-state index contributed by atoms with van der Waals surface area (Å²) in [6.07, 6.45) is 4.30. The van der Waals surface area contributed by atoms with E-state index >= 15 is 0 Å². The molecular formula is C14H21N3O3. The van der Waals surface area contributed by atoms with Gasteiger partial charge >= 0.3 is 0 Å². The van der Waals surface area contributed by atoms with Crippen molar-refractivity contribution >= 4 is 11.9 Å². The summed E-state index contributed by atoms with van der Waals surface area (Å²) in [7, 11) is 1.92. The van der Waals surface area contributed by atoms with Crippen LogP contribution in [0.5, 0.6) is 0 Å². The van der Waals surface area contributed by atoms with E-state index in [-0.39, 0.29) is 5.91 Å². The van der Waals surface area contributed by atoms with Crippen molar-refractivity contribution in [1.82, 2.24) is 10.3 Å². The fourth-order valence-corrected chi connectivity index (χ4v) is 1.76. The molecule has 0 aliphatic carbocycles. The van der Waals surface area contributed by atoms with Gasteiger partial charge in [-0.05, 0) is 31.5 Å². The van der Waals surface area contributed by atoms with E-state index in [9.17, 15) is 14.7 Å². The van der Waals surface area contributed by atoms with Gasteiger partial charge in [0.05, 0.1) is 26.1 Å². The van der Waals surface area contributed by atoms with Gasteiger partial charge in [0.25, 0.3) is 5.91 Å². The number of nitrogens with one attached hydrogen (secondary N) is 2. The lowest BCUT2D eigenvalue weighted by molar-refractivity contribution is -0.918. The van der Waals surface area contributed by atoms with Crippen LogP contribution in [0.4, 0.5) is 0 Å². The second-order valence-electron chi connectivity index (χ2n) is 5.32. The number of aromatic nitrogens is 1. The lowest BCUT2D eigenvalue weighted by Crippen LogP contribution is -3.18. The third-order valence-electron chi connectivity index (χ3n) is 3.57. The first-order valence-electron chi connectivity index (χ1n) is 6.54. The number of hydrogen-bond donors (Lipinski definition) is 2. The van der Waals surface area contributed by atoms with Gasteiger partial charge in [0, 0.05) is 18.8 Å². The van der Waals surface area contributed by atoms with E-state index in [1.54, 1.807) is 26.2 Å². The molecule has 6 nitrogen and oxygen atoms in total. The number of carbonyl (C=O) groups is 2. The van der Waals surface area contributed by atoms with E-state index in [2.05, 4.69) is 10.3 Å². The molecule has 0 aliphatic heterocycles. The topological polar surface area (TPSA) is 86.6 Å². The molecule has 0 fully saturated rings. The van der Waals surface area contributed by atoms with E-state index in [0.29, 0.717) is 0 Å². The van der Waals surface area contributed by atoms with Crippen molar-refractivity contribution in [3.8, 4) is 0 Å². The summed E-state index contributed by atoms with van der Waals surface area (Å²) in [6, 6.07) is 3.88. The molecule has 1 rings (SSSR count). The number of aliphatic carboxylic acids is 1. The van der Waals surface area contributed by atoms with Gasteiger partial charge in [-0.1, -0.05) is 0 Å². The monoisotopic (exact) mass is 279 g/mol. The van der Waals surface area contributed by atoms with Crippen LogP contribution >= 0.6 is 0 Å². The molecule has 0 aliphatic rings. The number of likely N-dealkylation sites (N-methyl/N-ethyl adjacent to an activating group) is 1. The Labute approximate surface area is 118 Å². The largest absolute Gasteiger partial charge is 0.548 e. The van der Waals surface area contributed by atoms with Crippen LogP contribution in [-0.4, -0.2) is 42.5 Å². The van der Waals surface area contributed by atoms with Gasteiger partial charge < -0.3 is 20.1 Å². The summed E-state index contributed by atoms with van der Waals surface area (Å²) in [6.45, 7) is 3.88. The maximum absolute atomic E-state index is 12.0. The predicted octanol–water partition coefficient (Wildman–Crippen LogP) is -2.22. The predicted molar refractivity (Wildman–Crippen MR) is 71.8 cm³/mol. The summed E-state index contributed by atoms with van der Waals surface area (Å²) in [5.41, 5.74) is 0.452. The third kappa shape index (κ3) is 4.62. The minimum Gasteiger partial charge on any atom is -0.548 e. The molecule has 1 aromatic heterocycles. The Morgan fingerprint density at radius 1 is 1.35 bits per heavy atom. The molecular weight excluding hydrogens is 258 g/mol. The summed E-state index contributed by atoms with van der Waals surface area (Å²) >= 11 is 0. The van der Waals surface area contributed by atoms with Gasteiger partial charge in [-0.3, -0.25) is 9.78 Å². The van der Waals surface area contributed by atoms with Crippen LogP contribution in [0.25, 0.3) is 0 Å². The quantitative estimate of drug-likeness (QED) is 0.592. The second kappa shape index (κ2) is 7.00. The number of carboxylic acid groups (broad SMARTS) is 1. The highest BCUT2D eigenvalue weighted by molar-refractivity contribution is 5.86. The molecule has 0 bridgehead atoms. The van der Waals surface area contributed by atoms with Crippen LogP contribution < -0.4 is 15.3 Å². The number of hydrogen-bond acceptors (Lipinski definition) is 4. The van der Waals surface area contributed by atoms with Crippen molar-refractivity contribution in [3.63, 3.8) is 0 Å². The molecule has 0 saturated carbocycles. The molecule has 0 radical (unpaired) electrons. The lowest BCUT2D eigenvalue weighted by atomic mass is 10.0. The molecule has 1 heterocycles. The van der Waals surface area contributed by atoms with Crippen LogP contribution in [0, 0.1) is 0 Å². The molecule has 1 unspecified atom stereocenters. The number of carboxylic acids is 1. The number of rotatable bonds is 7. The standard InChI is InChI=1S/C14H21N3O3/c1-14(2,13(20)16-10-12(18)19)17(3)9-6-11-4-7-15-8-5-11/h4-5,7-8H,6,9-10H2,1-3H3,(H,16,20)(H,18,19). The first kappa shape index (κ1) is 16.1. The minimum absolute atomic E-state index is 0.297. The van der Waals surface area contributed by atoms with E-state index in [0.717, 1.165) is 23.4 Å². The molecule has 1 aromatic rings. The number of carbonyl (C=O) groups excluding carboxylic acids is 2. The van der Waals surface area contributed by atoms with E-state index in [1.807, 2.05) is 19.2 Å². The Balaban J connectivity index is 2.53. The maximum Gasteiger partial charge on any atom is 0.281 e. The van der Waals surface area contributed by atoms with E-state index in [4.69, 9.17) is 0 Å². The van der Waals surface area contributed by atoms with Gasteiger partial charge in [0.1, 0.15) is 0 Å². The smallest absolute Gasteiger partial charge is 0.281 e. The van der Waals surface area contributed by atoms with Crippen molar-refractivity contribution < 1.29 is 19.6 Å². The molecule has 110 valence electrons. The van der Waals surface area contributed by atoms with E-state index < -0.39 is 18.1 Å². The summed E-state index contributed by atoms with van der Waals surface area (Å²) in [4.78, 5) is 27.3. The van der Waals surface area contributed by atoms with Gasteiger partial charge in [-0.15, -0.1) is 0 Å². The van der Waals surface area contributed by atoms with E-state index in [1.165, 1.54) is 0 Å². The third-order valence-corrected chi connectivity index (χ3v) is 3.57. The number of nitrogens with zero attached hydrogens (tertiary/aromatic N) is 1. The van der Waals surface area contributed by atoms with Crippen LogP contribution in [-0.2, 0) is 16.0 Å². The van der Waals surface area contributed by atoms with Crippen molar-refractivity contribution in [3.05, 3.63) is 30.1 Å². The van der Waals surface area contributed by atoms with Crippen LogP contribution in [0.15, 0.2) is 24.5 Å². The molecule has 2 N–H and O–H groups in total. The second-order valence-corrected chi connectivity index (χ2v) is 5.32. The highest BCUT2D eigenvalue weighted by atomic mass is 16.4. The normalized spacial score (nSPS) is 12.8. The van der Waals surface area contributed by atoms with Gasteiger partial charge in [0.2, 0.25) is 0 Å². The summed E-state index contributed by atoms with van der Waals surface area (Å²) in [5.74, 6) is -1.59. The Bertz CT molecular complexity index is 460. The number of amides is 1. The molecule has 0 spiro atoms. The lowest BCUT2D eigenvalue weighted by Gasteiger charge is -2.31. The Morgan fingerprint density at radius 3 is 2.50 bits per heavy atom. The average molecular weight is 279 g/mol. The molecule has 0 aromatic carbocycles. The SMILES string of the molecule is C[NH+](CCc1ccncc1)C(C)(C)C(=O)NCC(=O)[O-]. The zero-order valence-corrected chi connectivity index (χ0v) is 12.1. The summed E-state index contributed by atoms with van der Waals surface area (Å²) in [5, 5.41) is 12.7. The molecule has 1 atom stereocenters. The average Bonchev–Trinajstić information content (AvgIpc) is 2.42. The molecule has 0 saturated heterocycles. The highest BCUT2D eigenvalue weighted by Crippen LogP contribution is 1.99. The minimum atomic E-state index is -1.29. The van der Waals surface area contributed by atoms with Crippen molar-refractivity contribution in [1.29, 1.82) is 0 Å². The fraction of sp³-hybridized carbons (Fsp3) is 0.500. The zero-order valence-electron chi connectivity index (χ0n) is 12.1. The fourth-order valence-electron chi connectivity index (χ4n) is 1.76. The molecule has 6 heteroatoms. The summed E-state index contributed by atoms with van der Waals surface area (Å²) < 4.78 is 0. The first-order chi connectivity index (χ1) is 9.34. The Kier molecular flexibility index (Phi) is 5.64. The first-order valence-corrected chi connectivity index (χ1v) is 6.54. The zero-order chi connectivity index (χ0) is 15.2. The molecule has 1 amide bonds. The van der Waals surface area contributed by atoms with Gasteiger partial charge in [0.15, 0.2) is 5.54 Å². The van der Waals surface area contributed by atoms with Gasteiger partial charge in [-0.2, -0.15) is 0 Å². The highest BCUT2D eigenvalue weighted by Gasteiger charge is 2.35. The molecule has 20 heavy (non-hydrogen) atoms. The van der Waals surface area contributed by atoms with Crippen molar-refractivity contribution in [2.24, 2.45) is 0 Å². The van der Waals surface area contributed by atoms with Crippen molar-refractivity contribution in [2.45, 2.75) is 25.8 Å². The van der Waals surface area contributed by atoms with Crippen molar-refractivity contribution in [2.75, 3.05) is 20.1 Å². The maximum atomic E-state index is 12.0. The van der Waals surface area contributed by atoms with Crippen LogP contribution in [0.2, 0.25) is 0 Å². The van der Waals surface area contributed by atoms with Gasteiger partial charge in [-0.25, -0.2) is 0 Å². The van der Waals surface area contributed by atoms with Crippen LogP contribution in [0.3, 0.4) is 0 Å². The van der Waals surface area contributed by atoms with Crippen LogP contribution in [0.1, 0.15) is 19.4 Å². The Morgan fingerprint density at radius 2 is 1.95 bits per heavy atom. The number of quaternary nitrogens is 1.